The Balaban J connectivity index is 1.55. The van der Waals surface area contributed by atoms with Crippen LogP contribution in [0.2, 0.25) is 0 Å². The van der Waals surface area contributed by atoms with Gasteiger partial charge in [-0.15, -0.1) is 0 Å². The van der Waals surface area contributed by atoms with Crippen LogP contribution in [-0.4, -0.2) is 27.0 Å². The molecule has 2 aromatic heterocycles. The molecule has 6 nitrogen and oxygen atoms in total. The molecule has 0 atom stereocenters. The van der Waals surface area contributed by atoms with Crippen molar-refractivity contribution in [2.75, 3.05) is 6.61 Å². The van der Waals surface area contributed by atoms with Crippen LogP contribution in [0.1, 0.15) is 43.3 Å². The van der Waals surface area contributed by atoms with Gasteiger partial charge < -0.3 is 9.30 Å². The minimum Gasteiger partial charge on any atom is -0.493 e. The van der Waals surface area contributed by atoms with Gasteiger partial charge >= 0.3 is 6.18 Å². The van der Waals surface area contributed by atoms with Gasteiger partial charge in [-0.05, 0) is 73.9 Å². The van der Waals surface area contributed by atoms with Gasteiger partial charge in [-0.25, -0.2) is 4.98 Å². The number of aromatic nitrogens is 3. The van der Waals surface area contributed by atoms with Crippen molar-refractivity contribution in [2.45, 2.75) is 40.8 Å². The van der Waals surface area contributed by atoms with Crippen LogP contribution in [0.15, 0.2) is 88.8 Å². The van der Waals surface area contributed by atoms with E-state index in [1.54, 1.807) is 24.3 Å². The third-order valence-electron chi connectivity index (χ3n) is 6.75. The molecule has 3 aromatic carbocycles. The van der Waals surface area contributed by atoms with Crippen molar-refractivity contribution in [3.63, 3.8) is 0 Å². The van der Waals surface area contributed by atoms with Gasteiger partial charge in [0.2, 0.25) is 0 Å². The predicted molar refractivity (Wildman–Crippen MR) is 160 cm³/mol. The summed E-state index contributed by atoms with van der Waals surface area (Å²) < 4.78 is 49.5. The first-order valence-electron chi connectivity index (χ1n) is 13.5. The summed E-state index contributed by atoms with van der Waals surface area (Å²) in [5.41, 5.74) is 2.72. The molecule has 0 saturated carbocycles. The van der Waals surface area contributed by atoms with E-state index in [4.69, 9.17) is 4.74 Å². The van der Waals surface area contributed by atoms with Crippen molar-refractivity contribution in [3.8, 4) is 22.8 Å². The molecule has 2 heterocycles. The summed E-state index contributed by atoms with van der Waals surface area (Å²) in [6, 6.07) is 21.2. The summed E-state index contributed by atoms with van der Waals surface area (Å²) in [4.78, 5) is 18.1. The summed E-state index contributed by atoms with van der Waals surface area (Å²) in [6.07, 6.45) is -3.01. The van der Waals surface area contributed by atoms with Gasteiger partial charge in [0, 0.05) is 28.2 Å². The Morgan fingerprint density at radius 1 is 0.929 bits per heavy atom. The van der Waals surface area contributed by atoms with Crippen LogP contribution in [0, 0.1) is 19.3 Å². The molecule has 5 rings (SSSR count). The van der Waals surface area contributed by atoms with Crippen molar-refractivity contribution in [1.82, 2.24) is 14.2 Å². The van der Waals surface area contributed by atoms with Crippen LogP contribution in [0.4, 0.5) is 13.2 Å². The maximum Gasteiger partial charge on any atom is 0.416 e. The van der Waals surface area contributed by atoms with E-state index in [1.165, 1.54) is 18.3 Å². The smallest absolute Gasteiger partial charge is 0.416 e. The van der Waals surface area contributed by atoms with E-state index in [9.17, 15) is 18.0 Å². The number of hydrogen-bond acceptors (Lipinski definition) is 4. The highest BCUT2D eigenvalue weighted by atomic mass is 19.4. The lowest BCUT2D eigenvalue weighted by Crippen LogP contribution is -2.20. The highest BCUT2D eigenvalue weighted by Gasteiger charge is 2.31. The monoisotopic (exact) mass is 572 g/mol. The standard InChI is InChI=1S/C33H31F3N4O2/c1-21-17-24(22(2)39(21)26-13-15-27(16-14-26)42-20-32(3,4)5)19-37-40-30(23-9-8-10-25(18-23)33(34,35)36)38-29-12-7-6-11-28(29)31(40)41/h6-19H,20H2,1-5H3. The molecule has 0 saturated heterocycles. The predicted octanol–water partition coefficient (Wildman–Crippen LogP) is 7.80. The van der Waals surface area contributed by atoms with Crippen molar-refractivity contribution < 1.29 is 17.9 Å². The maximum atomic E-state index is 13.5. The molecule has 0 radical (unpaired) electrons. The van der Waals surface area contributed by atoms with Crippen LogP contribution < -0.4 is 10.3 Å². The molecule has 42 heavy (non-hydrogen) atoms. The van der Waals surface area contributed by atoms with Crippen LogP contribution in [0.3, 0.4) is 0 Å². The molecule has 0 fully saturated rings. The third kappa shape index (κ3) is 6.00. The molecule has 0 amide bonds. The van der Waals surface area contributed by atoms with Gasteiger partial charge in [-0.1, -0.05) is 45.0 Å². The van der Waals surface area contributed by atoms with Crippen LogP contribution in [0.25, 0.3) is 28.0 Å². The first-order valence-corrected chi connectivity index (χ1v) is 13.5. The fraction of sp³-hybridized carbons (Fsp3) is 0.242. The number of nitrogens with zero attached hydrogens (tertiary/aromatic N) is 4. The molecule has 0 unspecified atom stereocenters. The number of fused-ring (bicyclic) bond motifs is 1. The van der Waals surface area contributed by atoms with Crippen molar-refractivity contribution in [3.05, 3.63) is 112 Å². The van der Waals surface area contributed by atoms with Gasteiger partial charge in [0.15, 0.2) is 5.82 Å². The number of benzene rings is 3. The van der Waals surface area contributed by atoms with E-state index in [1.807, 2.05) is 44.2 Å². The molecule has 5 aromatic rings. The molecule has 0 N–H and O–H groups in total. The van der Waals surface area contributed by atoms with E-state index in [-0.39, 0.29) is 16.8 Å². The minimum atomic E-state index is -4.55. The van der Waals surface area contributed by atoms with E-state index >= 15 is 0 Å². The van der Waals surface area contributed by atoms with Crippen LogP contribution in [0.5, 0.6) is 5.75 Å². The first kappa shape index (κ1) is 28.9. The van der Waals surface area contributed by atoms with Gasteiger partial charge in [-0.2, -0.15) is 22.9 Å². The van der Waals surface area contributed by atoms with Crippen molar-refractivity contribution in [1.29, 1.82) is 0 Å². The lowest BCUT2D eigenvalue weighted by Gasteiger charge is -2.19. The number of hydrogen-bond donors (Lipinski definition) is 0. The van der Waals surface area contributed by atoms with E-state index < -0.39 is 17.3 Å². The van der Waals surface area contributed by atoms with Gasteiger partial charge in [0.1, 0.15) is 5.75 Å². The fourth-order valence-electron chi connectivity index (χ4n) is 4.68. The topological polar surface area (TPSA) is 61.4 Å². The molecular formula is C33H31F3N4O2. The Morgan fingerprint density at radius 2 is 1.64 bits per heavy atom. The number of halogens is 3. The number of ether oxygens (including phenoxy) is 1. The largest absolute Gasteiger partial charge is 0.493 e. The third-order valence-corrected chi connectivity index (χ3v) is 6.75. The molecule has 0 bridgehead atoms. The Bertz CT molecular complexity index is 1840. The zero-order valence-corrected chi connectivity index (χ0v) is 24.0. The average molecular weight is 573 g/mol. The van der Waals surface area contributed by atoms with Gasteiger partial charge in [0.05, 0.1) is 29.3 Å². The Labute approximate surface area is 241 Å². The number of rotatable bonds is 6. The average Bonchev–Trinajstić information content (AvgIpc) is 3.23. The second kappa shape index (κ2) is 11.0. The number of para-hydroxylation sites is 1. The summed E-state index contributed by atoms with van der Waals surface area (Å²) in [7, 11) is 0. The highest BCUT2D eigenvalue weighted by molar-refractivity contribution is 5.83. The SMILES string of the molecule is Cc1cc(C=Nn2c(-c3cccc(C(F)(F)F)c3)nc3ccccc3c2=O)c(C)n1-c1ccc(OCC(C)(C)C)cc1. The van der Waals surface area contributed by atoms with Crippen molar-refractivity contribution in [2.24, 2.45) is 10.5 Å². The summed E-state index contributed by atoms with van der Waals surface area (Å²) in [5, 5.41) is 4.78. The number of aryl methyl sites for hydroxylation is 1. The highest BCUT2D eigenvalue weighted by Crippen LogP contribution is 2.32. The second-order valence-corrected chi connectivity index (χ2v) is 11.4. The Kier molecular flexibility index (Phi) is 7.53. The van der Waals surface area contributed by atoms with E-state index in [0.717, 1.165) is 45.2 Å². The van der Waals surface area contributed by atoms with E-state index in [2.05, 4.69) is 35.4 Å². The van der Waals surface area contributed by atoms with Crippen LogP contribution in [-0.2, 0) is 6.18 Å². The molecule has 216 valence electrons. The first-order chi connectivity index (χ1) is 19.8. The molecule has 0 aliphatic heterocycles. The van der Waals surface area contributed by atoms with Crippen LogP contribution >= 0.6 is 0 Å². The van der Waals surface area contributed by atoms with E-state index in [0.29, 0.717) is 17.5 Å². The summed E-state index contributed by atoms with van der Waals surface area (Å²) in [5.74, 6) is 0.795. The maximum absolute atomic E-state index is 13.5. The molecule has 0 spiro atoms. The molecular weight excluding hydrogens is 541 g/mol. The molecule has 0 aliphatic rings. The quantitative estimate of drug-likeness (QED) is 0.195. The normalized spacial score (nSPS) is 12.4. The minimum absolute atomic E-state index is 0.0145. The second-order valence-electron chi connectivity index (χ2n) is 11.4. The van der Waals surface area contributed by atoms with Gasteiger partial charge in [0.25, 0.3) is 5.56 Å². The Morgan fingerprint density at radius 3 is 2.33 bits per heavy atom. The lowest BCUT2D eigenvalue weighted by molar-refractivity contribution is -0.137. The Hall–Kier alpha value is -4.66. The summed E-state index contributed by atoms with van der Waals surface area (Å²) >= 11 is 0. The molecule has 0 aliphatic carbocycles. The fourth-order valence-corrected chi connectivity index (χ4v) is 4.68. The number of alkyl halides is 3. The lowest BCUT2D eigenvalue weighted by atomic mass is 9.99. The summed E-state index contributed by atoms with van der Waals surface area (Å²) in [6.45, 7) is 10.8. The van der Waals surface area contributed by atoms with Gasteiger partial charge in [-0.3, -0.25) is 4.79 Å². The zero-order valence-electron chi connectivity index (χ0n) is 24.0. The molecule has 9 heteroatoms. The van der Waals surface area contributed by atoms with Crippen molar-refractivity contribution >= 4 is 17.1 Å². The zero-order chi connectivity index (χ0) is 30.2.